The highest BCUT2D eigenvalue weighted by molar-refractivity contribution is 5.76. The molecule has 2 aliphatic rings. The number of carbonyl (C=O) groups is 1. The monoisotopic (exact) mass is 262 g/mol. The lowest BCUT2D eigenvalue weighted by Gasteiger charge is -2.29. The van der Waals surface area contributed by atoms with E-state index in [0.29, 0.717) is 25.0 Å². The van der Waals surface area contributed by atoms with E-state index in [9.17, 15) is 4.79 Å². The largest absolute Gasteiger partial charge is 0.338 e. The number of likely N-dealkylation sites (tertiary alicyclic amines) is 1. The summed E-state index contributed by atoms with van der Waals surface area (Å²) in [5.74, 6) is 0.284. The molecule has 1 aromatic heterocycles. The van der Waals surface area contributed by atoms with Crippen LogP contribution in [0.15, 0.2) is 18.5 Å². The molecule has 0 radical (unpaired) electrons. The highest BCUT2D eigenvalue weighted by atomic mass is 16.2. The normalized spacial score (nSPS) is 27.1. The van der Waals surface area contributed by atoms with Crippen LogP contribution in [0.4, 0.5) is 0 Å². The van der Waals surface area contributed by atoms with Crippen LogP contribution < -0.4 is 5.32 Å². The van der Waals surface area contributed by atoms with Crippen LogP contribution in [0.3, 0.4) is 0 Å². The minimum Gasteiger partial charge on any atom is -0.338 e. The molecule has 2 atom stereocenters. The molecule has 0 aromatic carbocycles. The summed E-state index contributed by atoms with van der Waals surface area (Å²) in [7, 11) is 0. The van der Waals surface area contributed by atoms with Crippen molar-refractivity contribution in [2.75, 3.05) is 13.1 Å². The van der Waals surface area contributed by atoms with Crippen LogP contribution >= 0.6 is 0 Å². The molecule has 2 saturated heterocycles. The third kappa shape index (κ3) is 2.81. The van der Waals surface area contributed by atoms with Crippen LogP contribution in [-0.4, -0.2) is 45.8 Å². The fourth-order valence-corrected chi connectivity index (χ4v) is 3.35. The Bertz CT molecular complexity index is 411. The number of carbonyl (C=O) groups excluding carboxylic acids is 1. The smallest absolute Gasteiger partial charge is 0.224 e. The van der Waals surface area contributed by atoms with Gasteiger partial charge in [-0.3, -0.25) is 9.48 Å². The van der Waals surface area contributed by atoms with Gasteiger partial charge in [0.2, 0.25) is 5.91 Å². The first-order valence-corrected chi connectivity index (χ1v) is 7.35. The summed E-state index contributed by atoms with van der Waals surface area (Å²) in [6, 6.07) is 2.84. The number of nitrogens with one attached hydrogen (secondary N) is 1. The van der Waals surface area contributed by atoms with Gasteiger partial charge in [-0.2, -0.15) is 5.10 Å². The molecule has 19 heavy (non-hydrogen) atoms. The van der Waals surface area contributed by atoms with Crippen molar-refractivity contribution in [1.82, 2.24) is 20.0 Å². The highest BCUT2D eigenvalue weighted by Gasteiger charge is 2.35. The average Bonchev–Trinajstić information content (AvgIpc) is 3.14. The molecule has 2 aliphatic heterocycles. The number of aromatic nitrogens is 2. The molecule has 1 N–H and O–H groups in total. The Kier molecular flexibility index (Phi) is 3.82. The van der Waals surface area contributed by atoms with Crippen molar-refractivity contribution in [2.24, 2.45) is 0 Å². The summed E-state index contributed by atoms with van der Waals surface area (Å²) in [6.07, 6.45) is 9.00. The van der Waals surface area contributed by atoms with Gasteiger partial charge in [0.25, 0.3) is 0 Å². The number of hydrogen-bond acceptors (Lipinski definition) is 3. The first-order chi connectivity index (χ1) is 9.34. The topological polar surface area (TPSA) is 50.2 Å². The van der Waals surface area contributed by atoms with Crippen LogP contribution in [0.2, 0.25) is 0 Å². The van der Waals surface area contributed by atoms with Crippen LogP contribution in [0.5, 0.6) is 0 Å². The maximum atomic E-state index is 12.4. The number of rotatable bonds is 4. The zero-order valence-corrected chi connectivity index (χ0v) is 11.3. The molecule has 5 nitrogen and oxygen atoms in total. The second-order valence-corrected chi connectivity index (χ2v) is 5.52. The SMILES string of the molecule is O=C(CCn1cccn1)N1CCCC1C1CCCN1. The first-order valence-electron chi connectivity index (χ1n) is 7.35. The van der Waals surface area contributed by atoms with E-state index in [4.69, 9.17) is 0 Å². The van der Waals surface area contributed by atoms with Gasteiger partial charge in [-0.1, -0.05) is 0 Å². The number of aryl methyl sites for hydroxylation is 1. The first kappa shape index (κ1) is 12.7. The third-order valence-electron chi connectivity index (χ3n) is 4.30. The van der Waals surface area contributed by atoms with Crippen molar-refractivity contribution in [3.05, 3.63) is 18.5 Å². The van der Waals surface area contributed by atoms with Crippen LogP contribution in [0.25, 0.3) is 0 Å². The van der Waals surface area contributed by atoms with E-state index in [2.05, 4.69) is 15.3 Å². The van der Waals surface area contributed by atoms with Crippen molar-refractivity contribution < 1.29 is 4.79 Å². The average molecular weight is 262 g/mol. The van der Waals surface area contributed by atoms with Crippen molar-refractivity contribution in [1.29, 1.82) is 0 Å². The van der Waals surface area contributed by atoms with Crippen molar-refractivity contribution in [3.8, 4) is 0 Å². The van der Waals surface area contributed by atoms with Crippen LogP contribution in [0, 0.1) is 0 Å². The molecule has 0 spiro atoms. The third-order valence-corrected chi connectivity index (χ3v) is 4.30. The molecule has 1 aromatic rings. The molecule has 0 bridgehead atoms. The van der Waals surface area contributed by atoms with Gasteiger partial charge in [0.05, 0.1) is 0 Å². The minimum absolute atomic E-state index is 0.284. The predicted molar refractivity (Wildman–Crippen MR) is 72.6 cm³/mol. The van der Waals surface area contributed by atoms with E-state index in [0.717, 1.165) is 25.9 Å². The maximum absolute atomic E-state index is 12.4. The summed E-state index contributed by atoms with van der Waals surface area (Å²) >= 11 is 0. The molecule has 3 heterocycles. The van der Waals surface area contributed by atoms with Gasteiger partial charge in [0, 0.05) is 44.0 Å². The zero-order chi connectivity index (χ0) is 13.1. The van der Waals surface area contributed by atoms with Gasteiger partial charge in [-0.25, -0.2) is 0 Å². The maximum Gasteiger partial charge on any atom is 0.224 e. The van der Waals surface area contributed by atoms with Crippen molar-refractivity contribution in [2.45, 2.75) is 50.7 Å². The molecule has 0 saturated carbocycles. The summed E-state index contributed by atoms with van der Waals surface area (Å²) in [4.78, 5) is 14.5. The molecule has 5 heteroatoms. The lowest BCUT2D eigenvalue weighted by Crippen LogP contribution is -2.46. The molecular weight excluding hydrogens is 240 g/mol. The van der Waals surface area contributed by atoms with Gasteiger partial charge >= 0.3 is 0 Å². The van der Waals surface area contributed by atoms with Gasteiger partial charge in [0.15, 0.2) is 0 Å². The second kappa shape index (κ2) is 5.74. The molecule has 0 aliphatic carbocycles. The van der Waals surface area contributed by atoms with E-state index in [1.54, 1.807) is 6.20 Å². The Labute approximate surface area is 114 Å². The Balaban J connectivity index is 1.55. The Hall–Kier alpha value is -1.36. The number of amides is 1. The summed E-state index contributed by atoms with van der Waals surface area (Å²) in [5.41, 5.74) is 0. The van der Waals surface area contributed by atoms with Gasteiger partial charge in [0.1, 0.15) is 0 Å². The molecule has 2 unspecified atom stereocenters. The number of nitrogens with zero attached hydrogens (tertiary/aromatic N) is 3. The quantitative estimate of drug-likeness (QED) is 0.881. The highest BCUT2D eigenvalue weighted by Crippen LogP contribution is 2.25. The Morgan fingerprint density at radius 1 is 1.37 bits per heavy atom. The van der Waals surface area contributed by atoms with Crippen molar-refractivity contribution >= 4 is 5.91 Å². The molecule has 1 amide bonds. The molecule has 3 rings (SSSR count). The predicted octanol–water partition coefficient (Wildman–Crippen LogP) is 1.02. The standard InChI is InChI=1S/C14H22N4O/c19-14(6-11-17-9-3-8-16-17)18-10-2-5-13(18)12-4-1-7-15-12/h3,8-9,12-13,15H,1-2,4-7,10-11H2. The zero-order valence-electron chi connectivity index (χ0n) is 11.3. The second-order valence-electron chi connectivity index (χ2n) is 5.52. The minimum atomic E-state index is 0.284. The van der Waals surface area contributed by atoms with Crippen LogP contribution in [-0.2, 0) is 11.3 Å². The van der Waals surface area contributed by atoms with Crippen molar-refractivity contribution in [3.63, 3.8) is 0 Å². The Morgan fingerprint density at radius 3 is 3.05 bits per heavy atom. The summed E-state index contributed by atoms with van der Waals surface area (Å²) < 4.78 is 1.83. The molecular formula is C14H22N4O. The fourth-order valence-electron chi connectivity index (χ4n) is 3.35. The summed E-state index contributed by atoms with van der Waals surface area (Å²) in [5, 5.41) is 7.69. The fraction of sp³-hybridized carbons (Fsp3) is 0.714. The van der Waals surface area contributed by atoms with E-state index in [1.165, 1.54) is 12.8 Å². The van der Waals surface area contributed by atoms with E-state index in [1.807, 2.05) is 16.9 Å². The van der Waals surface area contributed by atoms with E-state index in [-0.39, 0.29) is 5.91 Å². The van der Waals surface area contributed by atoms with Gasteiger partial charge in [-0.15, -0.1) is 0 Å². The van der Waals surface area contributed by atoms with Crippen LogP contribution in [0.1, 0.15) is 32.1 Å². The van der Waals surface area contributed by atoms with E-state index >= 15 is 0 Å². The number of hydrogen-bond donors (Lipinski definition) is 1. The van der Waals surface area contributed by atoms with Gasteiger partial charge < -0.3 is 10.2 Å². The Morgan fingerprint density at radius 2 is 2.32 bits per heavy atom. The summed E-state index contributed by atoms with van der Waals surface area (Å²) in [6.45, 7) is 2.73. The van der Waals surface area contributed by atoms with E-state index < -0.39 is 0 Å². The molecule has 104 valence electrons. The molecule has 2 fully saturated rings. The van der Waals surface area contributed by atoms with Gasteiger partial charge in [-0.05, 0) is 38.3 Å². The lowest BCUT2D eigenvalue weighted by atomic mass is 10.0. The lowest BCUT2D eigenvalue weighted by molar-refractivity contribution is -0.132.